The van der Waals surface area contributed by atoms with Gasteiger partial charge in [-0.15, -0.1) is 0 Å². The van der Waals surface area contributed by atoms with Crippen molar-refractivity contribution in [1.29, 1.82) is 0 Å². The summed E-state index contributed by atoms with van der Waals surface area (Å²) < 4.78 is 79.8. The number of carbonyl (C=O) groups excluding carboxylic acids is 1. The van der Waals surface area contributed by atoms with E-state index in [1.54, 1.807) is 6.92 Å². The number of benzene rings is 2. The average molecular weight is 526 g/mol. The first-order valence-electron chi connectivity index (χ1n) is 10.2. The van der Waals surface area contributed by atoms with Crippen LogP contribution in [0.4, 0.5) is 20.2 Å². The van der Waals surface area contributed by atoms with Crippen LogP contribution in [0, 0.1) is 12.7 Å². The summed E-state index contributed by atoms with van der Waals surface area (Å²) in [6, 6.07) is 6.77. The maximum atomic E-state index is 15.3. The highest BCUT2D eigenvalue weighted by atomic mass is 32.2. The molecule has 0 aromatic heterocycles. The van der Waals surface area contributed by atoms with E-state index in [1.165, 1.54) is 42.2 Å². The molecule has 35 heavy (non-hydrogen) atoms. The maximum Gasteiger partial charge on any atom is 0.260 e. The lowest BCUT2D eigenvalue weighted by atomic mass is 10.1. The average Bonchev–Trinajstić information content (AvgIpc) is 2.96. The van der Waals surface area contributed by atoms with E-state index in [9.17, 15) is 31.1 Å². The Bertz CT molecular complexity index is 1550. The minimum Gasteiger partial charge on any atom is -0.509 e. The van der Waals surface area contributed by atoms with Crippen molar-refractivity contribution in [3.05, 3.63) is 75.5 Å². The number of halogens is 2. The van der Waals surface area contributed by atoms with E-state index in [4.69, 9.17) is 0 Å². The Morgan fingerprint density at radius 3 is 2.49 bits per heavy atom. The fraction of sp³-hybridized carbons (Fsp3) is 0.227. The highest BCUT2D eigenvalue weighted by molar-refractivity contribution is 7.95. The number of aliphatic hydroxyl groups is 1. The summed E-state index contributed by atoms with van der Waals surface area (Å²) in [6.45, 7) is 3.01. The van der Waals surface area contributed by atoms with Gasteiger partial charge in [-0.3, -0.25) is 9.52 Å². The number of carbonyl (C=O) groups is 1. The van der Waals surface area contributed by atoms with Gasteiger partial charge >= 0.3 is 0 Å². The van der Waals surface area contributed by atoms with Crippen LogP contribution in [0.5, 0.6) is 0 Å². The maximum absolute atomic E-state index is 15.3. The predicted molar refractivity (Wildman–Crippen MR) is 125 cm³/mol. The number of hydrogen-bond donors (Lipinski definition) is 3. The second-order valence-electron chi connectivity index (χ2n) is 8.32. The molecule has 1 amide bonds. The lowest BCUT2D eigenvalue weighted by Gasteiger charge is -2.24. The van der Waals surface area contributed by atoms with E-state index in [2.05, 4.69) is 10.0 Å². The van der Waals surface area contributed by atoms with E-state index in [0.717, 1.165) is 12.3 Å². The summed E-state index contributed by atoms with van der Waals surface area (Å²) in [5.74, 6) is -1.77. The molecule has 13 heteroatoms. The summed E-state index contributed by atoms with van der Waals surface area (Å²) in [6.07, 6.45) is 0.874. The molecule has 2 heterocycles. The fourth-order valence-electron chi connectivity index (χ4n) is 3.93. The lowest BCUT2D eigenvalue weighted by Crippen LogP contribution is -2.34. The minimum atomic E-state index is -4.78. The van der Waals surface area contributed by atoms with Crippen LogP contribution in [0.3, 0.4) is 0 Å². The van der Waals surface area contributed by atoms with Crippen LogP contribution in [-0.4, -0.2) is 45.0 Å². The molecular formula is C22H21F2N3O6S2. The van der Waals surface area contributed by atoms with Crippen molar-refractivity contribution in [1.82, 2.24) is 4.90 Å². The zero-order chi connectivity index (χ0) is 25.9. The first kappa shape index (κ1) is 24.7. The molecule has 0 saturated carbocycles. The number of nitrogens with one attached hydrogen (secondary N) is 2. The predicted octanol–water partition coefficient (Wildman–Crippen LogP) is 3.09. The van der Waals surface area contributed by atoms with Crippen molar-refractivity contribution in [2.45, 2.75) is 31.3 Å². The molecule has 9 nitrogen and oxygen atoms in total. The number of nitrogens with zero attached hydrogens (tertiary/aromatic N) is 1. The zero-order valence-corrected chi connectivity index (χ0v) is 20.4. The number of fused-ring (bicyclic) bond motifs is 1. The van der Waals surface area contributed by atoms with Crippen molar-refractivity contribution < 1.29 is 35.5 Å². The zero-order valence-electron chi connectivity index (χ0n) is 18.8. The molecule has 3 N–H and O–H groups in total. The number of hydrogen-bond acceptors (Lipinski definition) is 7. The van der Waals surface area contributed by atoms with E-state index < -0.39 is 64.7 Å². The Balaban J connectivity index is 1.71. The van der Waals surface area contributed by atoms with Crippen molar-refractivity contribution in [2.24, 2.45) is 0 Å². The van der Waals surface area contributed by atoms with Crippen LogP contribution in [0.2, 0.25) is 0 Å². The van der Waals surface area contributed by atoms with Crippen LogP contribution in [0.1, 0.15) is 18.1 Å². The van der Waals surface area contributed by atoms with Crippen molar-refractivity contribution in [2.75, 3.05) is 16.3 Å². The topological polar surface area (TPSA) is 133 Å². The summed E-state index contributed by atoms with van der Waals surface area (Å²) in [5.41, 5.74) is -0.535. The van der Waals surface area contributed by atoms with Gasteiger partial charge in [-0.2, -0.15) is 4.39 Å². The molecule has 2 aromatic carbocycles. The molecule has 2 aliphatic heterocycles. The smallest absolute Gasteiger partial charge is 0.260 e. The van der Waals surface area contributed by atoms with Gasteiger partial charge in [0.1, 0.15) is 22.8 Å². The highest BCUT2D eigenvalue weighted by Crippen LogP contribution is 2.42. The third-order valence-corrected chi connectivity index (χ3v) is 7.89. The van der Waals surface area contributed by atoms with Crippen LogP contribution in [0.25, 0.3) is 0 Å². The Morgan fingerprint density at radius 2 is 1.86 bits per heavy atom. The molecule has 1 unspecified atom stereocenters. The van der Waals surface area contributed by atoms with E-state index >= 15 is 4.39 Å². The van der Waals surface area contributed by atoms with Gasteiger partial charge in [-0.25, -0.2) is 21.2 Å². The lowest BCUT2D eigenvalue weighted by molar-refractivity contribution is -0.127. The van der Waals surface area contributed by atoms with Crippen molar-refractivity contribution in [3.63, 3.8) is 0 Å². The van der Waals surface area contributed by atoms with Crippen molar-refractivity contribution >= 4 is 37.1 Å². The summed E-state index contributed by atoms with van der Waals surface area (Å²) in [4.78, 5) is 13.9. The SMILES string of the molecule is Cc1cc(CN2C(=O)C(C3=C(F)S(=O)(=O)c4cc(NS(C)(=O)=O)ccc4N3)=C(O)C2C)ccc1F. The van der Waals surface area contributed by atoms with E-state index in [1.807, 2.05) is 0 Å². The van der Waals surface area contributed by atoms with Crippen LogP contribution >= 0.6 is 0 Å². The number of sulfonamides is 1. The molecule has 0 bridgehead atoms. The Labute approximate surface area is 200 Å². The molecule has 0 spiro atoms. The Morgan fingerprint density at radius 1 is 1.17 bits per heavy atom. The standard InChI is InChI=1S/C22H21F2N3O6S2/c1-11-8-13(4-6-15(11)23)10-27-12(2)20(28)18(22(27)29)19-21(24)35(32,33)17-9-14(26-34(3,30)31)5-7-16(17)25-19/h4-9,12,25-26,28H,10H2,1-3H3. The van der Waals surface area contributed by atoms with Gasteiger partial charge in [-0.1, -0.05) is 12.1 Å². The molecule has 2 aromatic rings. The van der Waals surface area contributed by atoms with Gasteiger partial charge in [0.2, 0.25) is 25.0 Å². The van der Waals surface area contributed by atoms with Gasteiger partial charge in [0.25, 0.3) is 5.91 Å². The number of aryl methyl sites for hydroxylation is 1. The van der Waals surface area contributed by atoms with E-state index in [0.29, 0.717) is 11.1 Å². The van der Waals surface area contributed by atoms with Gasteiger partial charge in [0, 0.05) is 12.2 Å². The largest absolute Gasteiger partial charge is 0.509 e. The summed E-state index contributed by atoms with van der Waals surface area (Å²) >= 11 is 0. The summed E-state index contributed by atoms with van der Waals surface area (Å²) in [7, 11) is -8.50. The molecule has 1 atom stereocenters. The molecule has 0 saturated heterocycles. The fourth-order valence-corrected chi connectivity index (χ4v) is 5.79. The first-order chi connectivity index (χ1) is 16.2. The third-order valence-electron chi connectivity index (χ3n) is 5.69. The molecule has 0 radical (unpaired) electrons. The second-order valence-corrected chi connectivity index (χ2v) is 11.9. The monoisotopic (exact) mass is 525 g/mol. The third kappa shape index (κ3) is 4.36. The van der Waals surface area contributed by atoms with Gasteiger partial charge < -0.3 is 15.3 Å². The number of sulfone groups is 1. The number of amides is 1. The number of rotatable bonds is 5. The quantitative estimate of drug-likeness (QED) is 0.546. The molecule has 186 valence electrons. The van der Waals surface area contributed by atoms with Gasteiger partial charge in [0.05, 0.1) is 22.9 Å². The highest BCUT2D eigenvalue weighted by Gasteiger charge is 2.44. The van der Waals surface area contributed by atoms with E-state index in [-0.39, 0.29) is 17.9 Å². The number of aliphatic hydroxyl groups excluding tert-OH is 1. The minimum absolute atomic E-state index is 0.0343. The molecule has 0 fully saturated rings. The first-order valence-corrected chi connectivity index (χ1v) is 13.6. The normalized spacial score (nSPS) is 19.6. The van der Waals surface area contributed by atoms with Crippen LogP contribution in [0.15, 0.2) is 63.5 Å². The van der Waals surface area contributed by atoms with Crippen LogP contribution < -0.4 is 10.0 Å². The Hall–Kier alpha value is -3.45. The van der Waals surface area contributed by atoms with Gasteiger partial charge in [-0.05, 0) is 49.2 Å². The molecule has 2 aliphatic rings. The van der Waals surface area contributed by atoms with Crippen LogP contribution in [-0.2, 0) is 31.2 Å². The van der Waals surface area contributed by atoms with Gasteiger partial charge in [0.15, 0.2) is 0 Å². The van der Waals surface area contributed by atoms with Crippen molar-refractivity contribution in [3.8, 4) is 0 Å². The second kappa shape index (κ2) is 8.34. The summed E-state index contributed by atoms with van der Waals surface area (Å²) in [5, 5.41) is 11.5. The Kier molecular flexibility index (Phi) is 5.88. The molecule has 0 aliphatic carbocycles. The molecular weight excluding hydrogens is 504 g/mol. The molecule has 4 rings (SSSR count). The number of anilines is 2.